The van der Waals surface area contributed by atoms with Crippen LogP contribution in [0.5, 0.6) is 0 Å². The third kappa shape index (κ3) is 1.61. The monoisotopic (exact) mass is 227 g/mol. The van der Waals surface area contributed by atoms with E-state index in [0.717, 1.165) is 0 Å². The summed E-state index contributed by atoms with van der Waals surface area (Å²) in [6.07, 6.45) is 0. The quantitative estimate of drug-likeness (QED) is 0.764. The number of carbonyl (C=O) groups excluding carboxylic acids is 1. The van der Waals surface area contributed by atoms with E-state index in [4.69, 9.17) is 9.52 Å². The molecule has 0 unspecified atom stereocenters. The lowest BCUT2D eigenvalue weighted by atomic mass is 10.2. The Kier molecular flexibility index (Phi) is 2.04. The molecule has 2 heterocycles. The molecule has 1 aliphatic heterocycles. The van der Waals surface area contributed by atoms with Gasteiger partial charge in [0, 0.05) is 6.07 Å². The van der Waals surface area contributed by atoms with Gasteiger partial charge >= 0.3 is 5.97 Å². The summed E-state index contributed by atoms with van der Waals surface area (Å²) in [5, 5.41) is 11.2. The van der Waals surface area contributed by atoms with Crippen molar-refractivity contribution in [3.05, 3.63) is 11.8 Å². The van der Waals surface area contributed by atoms with Gasteiger partial charge in [0.1, 0.15) is 0 Å². The topological polar surface area (TPSA) is 79.5 Å². The summed E-state index contributed by atoms with van der Waals surface area (Å²) in [7, 11) is 0. The van der Waals surface area contributed by atoms with E-state index in [1.165, 1.54) is 17.8 Å². The molecule has 0 aliphatic carbocycles. The summed E-state index contributed by atoms with van der Waals surface area (Å²) in [5.74, 6) is -1.27. The SMILES string of the molecule is CC1(C)Sc2cc(C(=O)O)oc2NC1=O. The van der Waals surface area contributed by atoms with Crippen LogP contribution in [0, 0.1) is 0 Å². The molecule has 0 radical (unpaired) electrons. The van der Waals surface area contributed by atoms with E-state index in [9.17, 15) is 9.59 Å². The van der Waals surface area contributed by atoms with Gasteiger partial charge in [-0.15, -0.1) is 11.8 Å². The van der Waals surface area contributed by atoms with Gasteiger partial charge in [0.25, 0.3) is 0 Å². The van der Waals surface area contributed by atoms with E-state index in [0.29, 0.717) is 4.90 Å². The fraction of sp³-hybridized carbons (Fsp3) is 0.333. The van der Waals surface area contributed by atoms with Crippen molar-refractivity contribution in [1.82, 2.24) is 0 Å². The summed E-state index contributed by atoms with van der Waals surface area (Å²) in [5.41, 5.74) is 0. The third-order valence-electron chi connectivity index (χ3n) is 2.05. The Labute approximate surface area is 89.8 Å². The normalized spacial score (nSPS) is 18.1. The molecule has 1 aromatic rings. The van der Waals surface area contributed by atoms with Crippen LogP contribution in [0.1, 0.15) is 24.4 Å². The molecule has 0 bridgehead atoms. The van der Waals surface area contributed by atoms with Crippen molar-refractivity contribution in [2.75, 3.05) is 5.32 Å². The van der Waals surface area contributed by atoms with Crippen LogP contribution in [0.4, 0.5) is 5.88 Å². The van der Waals surface area contributed by atoms with Gasteiger partial charge < -0.3 is 9.52 Å². The van der Waals surface area contributed by atoms with E-state index in [1.54, 1.807) is 13.8 Å². The van der Waals surface area contributed by atoms with Gasteiger partial charge in [-0.2, -0.15) is 0 Å². The molecule has 2 rings (SSSR count). The molecule has 0 atom stereocenters. The summed E-state index contributed by atoms with van der Waals surface area (Å²) in [6, 6.07) is 1.42. The minimum atomic E-state index is -1.14. The Morgan fingerprint density at radius 3 is 2.87 bits per heavy atom. The molecular formula is C9H9NO4S. The Hall–Kier alpha value is -1.43. The Bertz CT molecular complexity index is 449. The van der Waals surface area contributed by atoms with Crippen molar-refractivity contribution in [3.63, 3.8) is 0 Å². The lowest BCUT2D eigenvalue weighted by Crippen LogP contribution is -2.36. The lowest BCUT2D eigenvalue weighted by Gasteiger charge is -2.26. The average Bonchev–Trinajstić information content (AvgIpc) is 2.47. The minimum Gasteiger partial charge on any atom is -0.475 e. The number of furan rings is 1. The van der Waals surface area contributed by atoms with Crippen LogP contribution in [-0.4, -0.2) is 21.7 Å². The second kappa shape index (κ2) is 3.03. The van der Waals surface area contributed by atoms with Gasteiger partial charge in [0.05, 0.1) is 9.64 Å². The number of hydrogen-bond acceptors (Lipinski definition) is 4. The van der Waals surface area contributed by atoms with E-state index in [1.807, 2.05) is 0 Å². The fourth-order valence-electron chi connectivity index (χ4n) is 1.22. The first-order valence-electron chi connectivity index (χ1n) is 4.28. The molecule has 0 fully saturated rings. The lowest BCUT2D eigenvalue weighted by molar-refractivity contribution is -0.117. The van der Waals surface area contributed by atoms with Crippen LogP contribution in [-0.2, 0) is 4.79 Å². The number of fused-ring (bicyclic) bond motifs is 1. The number of aromatic carboxylic acids is 1. The van der Waals surface area contributed by atoms with E-state index < -0.39 is 10.7 Å². The maximum Gasteiger partial charge on any atom is 0.371 e. The minimum absolute atomic E-state index is 0.162. The van der Waals surface area contributed by atoms with Crippen molar-refractivity contribution in [2.45, 2.75) is 23.5 Å². The first-order valence-corrected chi connectivity index (χ1v) is 5.09. The number of carboxylic acid groups (broad SMARTS) is 1. The molecular weight excluding hydrogens is 218 g/mol. The van der Waals surface area contributed by atoms with Crippen LogP contribution in [0.2, 0.25) is 0 Å². The van der Waals surface area contributed by atoms with E-state index >= 15 is 0 Å². The predicted octanol–water partition coefficient (Wildman–Crippen LogP) is 1.80. The van der Waals surface area contributed by atoms with Crippen molar-refractivity contribution in [2.24, 2.45) is 0 Å². The molecule has 0 saturated carbocycles. The molecule has 80 valence electrons. The van der Waals surface area contributed by atoms with Gasteiger partial charge in [0.2, 0.25) is 17.6 Å². The number of hydrogen-bond donors (Lipinski definition) is 2. The zero-order chi connectivity index (χ0) is 11.2. The number of carboxylic acids is 1. The maximum absolute atomic E-state index is 11.5. The molecule has 6 heteroatoms. The molecule has 15 heavy (non-hydrogen) atoms. The van der Waals surface area contributed by atoms with Crippen molar-refractivity contribution < 1.29 is 19.1 Å². The number of nitrogens with one attached hydrogen (secondary N) is 1. The van der Waals surface area contributed by atoms with Gasteiger partial charge in [-0.1, -0.05) is 0 Å². The maximum atomic E-state index is 11.5. The zero-order valence-corrected chi connectivity index (χ0v) is 8.97. The van der Waals surface area contributed by atoms with Gasteiger partial charge in [-0.3, -0.25) is 10.1 Å². The summed E-state index contributed by atoms with van der Waals surface area (Å²) < 4.78 is 4.37. The second-order valence-electron chi connectivity index (χ2n) is 3.68. The second-order valence-corrected chi connectivity index (χ2v) is 5.34. The molecule has 0 saturated heterocycles. The number of amides is 1. The molecule has 1 aromatic heterocycles. The highest BCUT2D eigenvalue weighted by molar-refractivity contribution is 8.01. The number of rotatable bonds is 1. The van der Waals surface area contributed by atoms with Crippen LogP contribution < -0.4 is 5.32 Å². The number of anilines is 1. The van der Waals surface area contributed by atoms with Crippen LogP contribution in [0.3, 0.4) is 0 Å². The molecule has 2 N–H and O–H groups in total. The first-order chi connectivity index (χ1) is 6.90. The van der Waals surface area contributed by atoms with Gasteiger partial charge in [0.15, 0.2) is 0 Å². The summed E-state index contributed by atoms with van der Waals surface area (Å²) in [4.78, 5) is 22.8. The summed E-state index contributed by atoms with van der Waals surface area (Å²) >= 11 is 1.29. The fourth-order valence-corrected chi connectivity index (χ4v) is 2.26. The highest BCUT2D eigenvalue weighted by Crippen LogP contribution is 2.43. The number of carbonyl (C=O) groups is 2. The Morgan fingerprint density at radius 2 is 2.27 bits per heavy atom. The first kappa shape index (κ1) is 10.1. The highest BCUT2D eigenvalue weighted by atomic mass is 32.2. The Balaban J connectivity index is 2.42. The molecule has 1 amide bonds. The third-order valence-corrected chi connectivity index (χ3v) is 3.27. The Morgan fingerprint density at radius 1 is 1.60 bits per heavy atom. The molecule has 1 aliphatic rings. The predicted molar refractivity (Wildman–Crippen MR) is 54.2 cm³/mol. The number of thioether (sulfide) groups is 1. The van der Waals surface area contributed by atoms with Gasteiger partial charge in [-0.05, 0) is 13.8 Å². The van der Waals surface area contributed by atoms with Crippen LogP contribution in [0.15, 0.2) is 15.4 Å². The van der Waals surface area contributed by atoms with E-state index in [-0.39, 0.29) is 17.6 Å². The van der Waals surface area contributed by atoms with Crippen LogP contribution in [0.25, 0.3) is 0 Å². The zero-order valence-electron chi connectivity index (χ0n) is 8.16. The smallest absolute Gasteiger partial charge is 0.371 e. The van der Waals surface area contributed by atoms with Gasteiger partial charge in [-0.25, -0.2) is 4.79 Å². The van der Waals surface area contributed by atoms with Crippen LogP contribution >= 0.6 is 11.8 Å². The standard InChI is InChI=1S/C9H9NO4S/c1-9(2)8(13)10-6-5(15-9)3-4(14-6)7(11)12/h3H,1-2H3,(H,10,13)(H,11,12). The molecule has 5 nitrogen and oxygen atoms in total. The van der Waals surface area contributed by atoms with E-state index in [2.05, 4.69) is 5.32 Å². The largest absolute Gasteiger partial charge is 0.475 e. The van der Waals surface area contributed by atoms with Crippen molar-refractivity contribution in [3.8, 4) is 0 Å². The average molecular weight is 227 g/mol. The van der Waals surface area contributed by atoms with Crippen molar-refractivity contribution >= 4 is 29.5 Å². The summed E-state index contributed by atoms with van der Waals surface area (Å²) in [6.45, 7) is 3.53. The highest BCUT2D eigenvalue weighted by Gasteiger charge is 2.37. The molecule has 0 aromatic carbocycles. The van der Waals surface area contributed by atoms with Crippen molar-refractivity contribution in [1.29, 1.82) is 0 Å². The molecule has 0 spiro atoms.